The van der Waals surface area contributed by atoms with Gasteiger partial charge in [-0.25, -0.2) is 4.98 Å². The fourth-order valence-electron chi connectivity index (χ4n) is 3.43. The Labute approximate surface area is 168 Å². The van der Waals surface area contributed by atoms with Gasteiger partial charge in [-0.1, -0.05) is 59.3 Å². The summed E-state index contributed by atoms with van der Waals surface area (Å²) in [6.45, 7) is 5.18. The third-order valence-corrected chi connectivity index (χ3v) is 6.64. The SMILES string of the molecule is Cc1ccc(Cl)c2sc(N3CCN(C(=O)CCc4ccccc4)CC3)nc12. The van der Waals surface area contributed by atoms with Crippen LogP contribution in [0.5, 0.6) is 0 Å². The number of hydrogen-bond donors (Lipinski definition) is 0. The van der Waals surface area contributed by atoms with Crippen molar-refractivity contribution in [3.05, 3.63) is 58.6 Å². The molecule has 0 radical (unpaired) electrons. The van der Waals surface area contributed by atoms with Gasteiger partial charge in [-0.2, -0.15) is 0 Å². The Morgan fingerprint density at radius 1 is 1.11 bits per heavy atom. The topological polar surface area (TPSA) is 36.4 Å². The van der Waals surface area contributed by atoms with Gasteiger partial charge in [0.05, 0.1) is 15.2 Å². The van der Waals surface area contributed by atoms with Crippen molar-refractivity contribution >= 4 is 44.2 Å². The molecule has 0 spiro atoms. The van der Waals surface area contributed by atoms with E-state index in [1.165, 1.54) is 5.56 Å². The lowest BCUT2D eigenvalue weighted by atomic mass is 10.1. The molecular formula is C21H22ClN3OS. The standard InChI is InChI=1S/C21H22ClN3OS/c1-15-7-9-17(22)20-19(15)23-21(27-20)25-13-11-24(12-14-25)18(26)10-8-16-5-3-2-4-6-16/h2-7,9H,8,10-14H2,1H3. The largest absolute Gasteiger partial charge is 0.345 e. The van der Waals surface area contributed by atoms with Crippen LogP contribution in [0.15, 0.2) is 42.5 Å². The number of nitrogens with zero attached hydrogens (tertiary/aromatic N) is 3. The Balaban J connectivity index is 1.37. The summed E-state index contributed by atoms with van der Waals surface area (Å²) in [5.41, 5.74) is 3.35. The van der Waals surface area contributed by atoms with Gasteiger partial charge >= 0.3 is 0 Å². The van der Waals surface area contributed by atoms with Gasteiger partial charge in [-0.15, -0.1) is 0 Å². The van der Waals surface area contributed by atoms with E-state index in [0.717, 1.165) is 58.5 Å². The molecule has 0 aliphatic carbocycles. The quantitative estimate of drug-likeness (QED) is 0.646. The van der Waals surface area contributed by atoms with Gasteiger partial charge in [0, 0.05) is 32.6 Å². The van der Waals surface area contributed by atoms with Crippen molar-refractivity contribution in [1.82, 2.24) is 9.88 Å². The van der Waals surface area contributed by atoms with Crippen molar-refractivity contribution in [3.63, 3.8) is 0 Å². The average molecular weight is 400 g/mol. The lowest BCUT2D eigenvalue weighted by Gasteiger charge is -2.34. The van der Waals surface area contributed by atoms with Crippen molar-refractivity contribution in [1.29, 1.82) is 0 Å². The maximum absolute atomic E-state index is 12.5. The molecule has 0 saturated carbocycles. The van der Waals surface area contributed by atoms with Crippen molar-refractivity contribution in [2.24, 2.45) is 0 Å². The van der Waals surface area contributed by atoms with Crippen molar-refractivity contribution < 1.29 is 4.79 Å². The van der Waals surface area contributed by atoms with Gasteiger partial charge in [0.1, 0.15) is 0 Å². The summed E-state index contributed by atoms with van der Waals surface area (Å²) in [4.78, 5) is 21.6. The molecule has 1 aliphatic heterocycles. The predicted octanol–water partition coefficient (Wildman–Crippen LogP) is 4.54. The second-order valence-corrected chi connectivity index (χ2v) is 8.28. The number of thiazole rings is 1. The normalized spacial score (nSPS) is 14.7. The van der Waals surface area contributed by atoms with E-state index in [4.69, 9.17) is 16.6 Å². The molecule has 1 amide bonds. The molecule has 3 aromatic rings. The first-order valence-electron chi connectivity index (χ1n) is 9.24. The molecule has 2 aromatic carbocycles. The van der Waals surface area contributed by atoms with Crippen LogP contribution in [0.4, 0.5) is 5.13 Å². The first-order valence-corrected chi connectivity index (χ1v) is 10.4. The van der Waals surface area contributed by atoms with E-state index in [2.05, 4.69) is 24.0 Å². The molecule has 4 rings (SSSR count). The summed E-state index contributed by atoms with van der Waals surface area (Å²) in [7, 11) is 0. The van der Waals surface area contributed by atoms with Gasteiger partial charge in [-0.05, 0) is 30.5 Å². The van der Waals surface area contributed by atoms with Crippen molar-refractivity contribution in [2.45, 2.75) is 19.8 Å². The Hall–Kier alpha value is -2.11. The smallest absolute Gasteiger partial charge is 0.223 e. The molecule has 0 bridgehead atoms. The van der Waals surface area contributed by atoms with Crippen LogP contribution in [0.3, 0.4) is 0 Å². The number of fused-ring (bicyclic) bond motifs is 1. The number of piperazine rings is 1. The van der Waals surface area contributed by atoms with Crippen LogP contribution >= 0.6 is 22.9 Å². The van der Waals surface area contributed by atoms with E-state index in [1.807, 2.05) is 35.2 Å². The minimum Gasteiger partial charge on any atom is -0.345 e. The second-order valence-electron chi connectivity index (χ2n) is 6.89. The lowest BCUT2D eigenvalue weighted by molar-refractivity contribution is -0.131. The number of aryl methyl sites for hydroxylation is 2. The Kier molecular flexibility index (Phi) is 5.32. The first-order chi connectivity index (χ1) is 13.1. The molecular weight excluding hydrogens is 378 g/mol. The lowest BCUT2D eigenvalue weighted by Crippen LogP contribution is -2.48. The molecule has 1 fully saturated rings. The van der Waals surface area contributed by atoms with E-state index < -0.39 is 0 Å². The summed E-state index contributed by atoms with van der Waals surface area (Å²) in [6, 6.07) is 14.1. The number of carbonyl (C=O) groups excluding carboxylic acids is 1. The molecule has 4 nitrogen and oxygen atoms in total. The van der Waals surface area contributed by atoms with Crippen molar-refractivity contribution in [2.75, 3.05) is 31.1 Å². The van der Waals surface area contributed by atoms with Gasteiger partial charge in [-0.3, -0.25) is 4.79 Å². The number of aromatic nitrogens is 1. The van der Waals surface area contributed by atoms with E-state index in [0.29, 0.717) is 6.42 Å². The first kappa shape index (κ1) is 18.3. The van der Waals surface area contributed by atoms with E-state index in [-0.39, 0.29) is 5.91 Å². The van der Waals surface area contributed by atoms with Crippen LogP contribution in [-0.4, -0.2) is 42.0 Å². The zero-order valence-electron chi connectivity index (χ0n) is 15.3. The molecule has 2 heterocycles. The average Bonchev–Trinajstić information content (AvgIpc) is 3.17. The molecule has 1 saturated heterocycles. The number of rotatable bonds is 4. The Bertz CT molecular complexity index is 910. The summed E-state index contributed by atoms with van der Waals surface area (Å²) in [5, 5.41) is 1.76. The van der Waals surface area contributed by atoms with Crippen LogP contribution in [0.25, 0.3) is 10.2 Å². The third-order valence-electron chi connectivity index (χ3n) is 5.06. The zero-order chi connectivity index (χ0) is 18.8. The summed E-state index contributed by atoms with van der Waals surface area (Å²) < 4.78 is 1.05. The molecule has 1 aromatic heterocycles. The molecule has 0 atom stereocenters. The highest BCUT2D eigenvalue weighted by Crippen LogP contribution is 2.35. The number of hydrogen-bond acceptors (Lipinski definition) is 4. The third kappa shape index (κ3) is 3.94. The van der Waals surface area contributed by atoms with Crippen molar-refractivity contribution in [3.8, 4) is 0 Å². The second kappa shape index (κ2) is 7.87. The summed E-state index contributed by atoms with van der Waals surface area (Å²) in [5.74, 6) is 0.238. The van der Waals surface area contributed by atoms with Gasteiger partial charge in [0.2, 0.25) is 5.91 Å². The minimum absolute atomic E-state index is 0.238. The number of amides is 1. The predicted molar refractivity (Wildman–Crippen MR) is 113 cm³/mol. The van der Waals surface area contributed by atoms with Crippen LogP contribution in [0, 0.1) is 6.92 Å². The zero-order valence-corrected chi connectivity index (χ0v) is 16.9. The molecule has 1 aliphatic rings. The van der Waals surface area contributed by atoms with E-state index in [9.17, 15) is 4.79 Å². The molecule has 6 heteroatoms. The monoisotopic (exact) mass is 399 g/mol. The van der Waals surface area contributed by atoms with E-state index in [1.54, 1.807) is 11.3 Å². The van der Waals surface area contributed by atoms with Gasteiger partial charge in [0.15, 0.2) is 5.13 Å². The van der Waals surface area contributed by atoms with Crippen LogP contribution in [0.1, 0.15) is 17.5 Å². The number of carbonyl (C=O) groups is 1. The Morgan fingerprint density at radius 2 is 1.85 bits per heavy atom. The maximum atomic E-state index is 12.5. The highest BCUT2D eigenvalue weighted by atomic mass is 35.5. The molecule has 140 valence electrons. The summed E-state index contributed by atoms with van der Waals surface area (Å²) in [6.07, 6.45) is 1.37. The number of halogens is 1. The summed E-state index contributed by atoms with van der Waals surface area (Å²) >= 11 is 7.97. The highest BCUT2D eigenvalue weighted by Gasteiger charge is 2.23. The van der Waals surface area contributed by atoms with Gasteiger partial charge in [0.25, 0.3) is 0 Å². The highest BCUT2D eigenvalue weighted by molar-refractivity contribution is 7.22. The minimum atomic E-state index is 0.238. The Morgan fingerprint density at radius 3 is 2.56 bits per heavy atom. The molecule has 27 heavy (non-hydrogen) atoms. The van der Waals surface area contributed by atoms with E-state index >= 15 is 0 Å². The van der Waals surface area contributed by atoms with Crippen LogP contribution in [0.2, 0.25) is 5.02 Å². The number of anilines is 1. The number of benzene rings is 2. The van der Waals surface area contributed by atoms with Crippen LogP contribution in [-0.2, 0) is 11.2 Å². The van der Waals surface area contributed by atoms with Gasteiger partial charge < -0.3 is 9.80 Å². The molecule has 0 N–H and O–H groups in total. The fraction of sp³-hybridized carbons (Fsp3) is 0.333. The van der Waals surface area contributed by atoms with Crippen LogP contribution < -0.4 is 4.90 Å². The fourth-order valence-corrected chi connectivity index (χ4v) is 4.80. The molecule has 0 unspecified atom stereocenters. The maximum Gasteiger partial charge on any atom is 0.223 e.